The number of benzene rings is 1. The van der Waals surface area contributed by atoms with E-state index < -0.39 is 10.0 Å². The highest BCUT2D eigenvalue weighted by atomic mass is 32.2. The van der Waals surface area contributed by atoms with E-state index in [4.69, 9.17) is 0 Å². The third kappa shape index (κ3) is 5.16. The van der Waals surface area contributed by atoms with E-state index in [2.05, 4.69) is 10.0 Å². The van der Waals surface area contributed by atoms with E-state index in [1.165, 1.54) is 11.3 Å². The number of carbonyl (C=O) groups is 1. The molecule has 1 amide bonds. The molecule has 0 radical (unpaired) electrons. The first-order valence-electron chi connectivity index (χ1n) is 7.31. The molecule has 0 spiro atoms. The van der Waals surface area contributed by atoms with Gasteiger partial charge in [0.1, 0.15) is 4.21 Å². The second kappa shape index (κ2) is 7.72. The van der Waals surface area contributed by atoms with E-state index >= 15 is 0 Å². The fraction of sp³-hybridized carbons (Fsp3) is 0.312. The van der Waals surface area contributed by atoms with Crippen LogP contribution in [0.2, 0.25) is 0 Å². The molecule has 23 heavy (non-hydrogen) atoms. The monoisotopic (exact) mass is 352 g/mol. The van der Waals surface area contributed by atoms with Crippen LogP contribution in [-0.4, -0.2) is 20.9 Å². The Kier molecular flexibility index (Phi) is 5.92. The van der Waals surface area contributed by atoms with Crippen molar-refractivity contribution in [3.05, 3.63) is 52.4 Å². The van der Waals surface area contributed by atoms with Gasteiger partial charge in [-0.2, -0.15) is 0 Å². The highest BCUT2D eigenvalue weighted by molar-refractivity contribution is 7.91. The number of thiophene rings is 1. The summed E-state index contributed by atoms with van der Waals surface area (Å²) in [4.78, 5) is 12.8. The molecular formula is C16H20N2O3S2. The lowest BCUT2D eigenvalue weighted by Gasteiger charge is -2.07. The summed E-state index contributed by atoms with van der Waals surface area (Å²) < 4.78 is 26.8. The number of amides is 1. The highest BCUT2D eigenvalue weighted by Crippen LogP contribution is 2.21. The lowest BCUT2D eigenvalue weighted by Crippen LogP contribution is -2.36. The van der Waals surface area contributed by atoms with Crippen LogP contribution in [0.4, 0.5) is 0 Å². The molecule has 0 unspecified atom stereocenters. The number of hydrogen-bond acceptors (Lipinski definition) is 4. The van der Waals surface area contributed by atoms with Gasteiger partial charge >= 0.3 is 0 Å². The van der Waals surface area contributed by atoms with Crippen LogP contribution >= 0.6 is 11.3 Å². The van der Waals surface area contributed by atoms with Crippen molar-refractivity contribution in [2.45, 2.75) is 31.0 Å². The van der Waals surface area contributed by atoms with Crippen LogP contribution in [0.1, 0.15) is 22.9 Å². The van der Waals surface area contributed by atoms with Crippen LogP contribution in [0, 0.1) is 6.92 Å². The van der Waals surface area contributed by atoms with Crippen molar-refractivity contribution in [3.8, 4) is 0 Å². The second-order valence-electron chi connectivity index (χ2n) is 5.16. The molecule has 0 fully saturated rings. The van der Waals surface area contributed by atoms with Gasteiger partial charge in [0.15, 0.2) is 0 Å². The van der Waals surface area contributed by atoms with Crippen LogP contribution in [0.5, 0.6) is 0 Å². The quantitative estimate of drug-likeness (QED) is 0.802. The third-order valence-electron chi connectivity index (χ3n) is 3.28. The maximum absolute atomic E-state index is 12.1. The Morgan fingerprint density at radius 2 is 1.83 bits per heavy atom. The predicted octanol–water partition coefficient (Wildman–Crippen LogP) is 2.21. The van der Waals surface area contributed by atoms with Crippen molar-refractivity contribution in [1.82, 2.24) is 10.0 Å². The average Bonchev–Trinajstić information content (AvgIpc) is 3.02. The molecule has 1 heterocycles. The number of carbonyl (C=O) groups excluding carboxylic acids is 1. The Bertz CT molecular complexity index is 765. The first kappa shape index (κ1) is 17.7. The van der Waals surface area contributed by atoms with Crippen LogP contribution in [0.3, 0.4) is 0 Å². The van der Waals surface area contributed by atoms with Gasteiger partial charge in [-0.05, 0) is 31.0 Å². The summed E-state index contributed by atoms with van der Waals surface area (Å²) in [5, 5.41) is 2.70. The average molecular weight is 352 g/mol. The molecule has 0 saturated heterocycles. The summed E-state index contributed by atoms with van der Waals surface area (Å²) in [6.07, 6.45) is 0.789. The summed E-state index contributed by atoms with van der Waals surface area (Å²) >= 11 is 1.22. The number of aryl methyl sites for hydroxylation is 2. The lowest BCUT2D eigenvalue weighted by molar-refractivity contribution is -0.120. The summed E-state index contributed by atoms with van der Waals surface area (Å²) in [7, 11) is -3.63. The van der Waals surface area contributed by atoms with E-state index in [-0.39, 0.29) is 16.7 Å². The predicted molar refractivity (Wildman–Crippen MR) is 91.9 cm³/mol. The Morgan fingerprint density at radius 3 is 2.43 bits per heavy atom. The van der Waals surface area contributed by atoms with E-state index in [0.29, 0.717) is 6.54 Å². The molecule has 2 aromatic rings. The standard InChI is InChI=1S/C16H20N2O3S2/c1-3-14-8-9-16(22-14)23(20,21)18-11-15(19)17-10-13-6-4-12(2)5-7-13/h4-9,18H,3,10-11H2,1-2H3,(H,17,19). The molecule has 1 aromatic heterocycles. The van der Waals surface area contributed by atoms with Crippen molar-refractivity contribution in [2.24, 2.45) is 0 Å². The minimum absolute atomic E-state index is 0.237. The first-order valence-corrected chi connectivity index (χ1v) is 9.61. The number of nitrogens with one attached hydrogen (secondary N) is 2. The first-order chi connectivity index (χ1) is 10.9. The fourth-order valence-corrected chi connectivity index (χ4v) is 4.22. The van der Waals surface area contributed by atoms with Crippen LogP contribution in [0.15, 0.2) is 40.6 Å². The van der Waals surface area contributed by atoms with Gasteiger partial charge in [-0.3, -0.25) is 4.79 Å². The molecule has 0 aliphatic heterocycles. The Morgan fingerprint density at radius 1 is 1.13 bits per heavy atom. The number of hydrogen-bond donors (Lipinski definition) is 2. The summed E-state index contributed by atoms with van der Waals surface area (Å²) in [5.74, 6) is -0.360. The highest BCUT2D eigenvalue weighted by Gasteiger charge is 2.17. The Balaban J connectivity index is 1.84. The molecule has 124 valence electrons. The molecule has 0 saturated carbocycles. The summed E-state index contributed by atoms with van der Waals surface area (Å²) in [6.45, 7) is 4.06. The summed E-state index contributed by atoms with van der Waals surface area (Å²) in [5.41, 5.74) is 2.12. The van der Waals surface area contributed by atoms with Crippen molar-refractivity contribution >= 4 is 27.3 Å². The van der Waals surface area contributed by atoms with Gasteiger partial charge in [-0.15, -0.1) is 11.3 Å². The van der Waals surface area contributed by atoms with E-state index in [1.54, 1.807) is 12.1 Å². The third-order valence-corrected chi connectivity index (χ3v) is 6.41. The van der Waals surface area contributed by atoms with E-state index in [0.717, 1.165) is 22.4 Å². The normalized spacial score (nSPS) is 11.4. The molecule has 0 bridgehead atoms. The molecule has 0 aliphatic rings. The molecule has 0 aliphatic carbocycles. The van der Waals surface area contributed by atoms with Crippen molar-refractivity contribution in [2.75, 3.05) is 6.54 Å². The van der Waals surface area contributed by atoms with Crippen LogP contribution in [-0.2, 0) is 27.8 Å². The minimum Gasteiger partial charge on any atom is -0.351 e. The fourth-order valence-electron chi connectivity index (χ4n) is 1.89. The Labute approximate surface area is 140 Å². The largest absolute Gasteiger partial charge is 0.351 e. The van der Waals surface area contributed by atoms with Gasteiger partial charge in [0.2, 0.25) is 5.91 Å². The minimum atomic E-state index is -3.63. The molecule has 5 nitrogen and oxygen atoms in total. The summed E-state index contributed by atoms with van der Waals surface area (Å²) in [6, 6.07) is 11.1. The zero-order valence-electron chi connectivity index (χ0n) is 13.1. The second-order valence-corrected chi connectivity index (χ2v) is 8.32. The van der Waals surface area contributed by atoms with Gasteiger partial charge in [-0.1, -0.05) is 36.8 Å². The van der Waals surface area contributed by atoms with Crippen molar-refractivity contribution < 1.29 is 13.2 Å². The number of rotatable bonds is 7. The van der Waals surface area contributed by atoms with Gasteiger partial charge in [-0.25, -0.2) is 13.1 Å². The van der Waals surface area contributed by atoms with E-state index in [1.807, 2.05) is 38.1 Å². The Hall–Kier alpha value is -1.70. The van der Waals surface area contributed by atoms with Gasteiger partial charge in [0.05, 0.1) is 6.54 Å². The molecule has 7 heteroatoms. The van der Waals surface area contributed by atoms with Crippen LogP contribution < -0.4 is 10.0 Å². The maximum atomic E-state index is 12.1. The molecule has 2 N–H and O–H groups in total. The van der Waals surface area contributed by atoms with Crippen molar-refractivity contribution in [1.29, 1.82) is 0 Å². The smallest absolute Gasteiger partial charge is 0.250 e. The zero-order chi connectivity index (χ0) is 16.9. The SMILES string of the molecule is CCc1ccc(S(=O)(=O)NCC(=O)NCc2ccc(C)cc2)s1. The van der Waals surface area contributed by atoms with Gasteiger partial charge < -0.3 is 5.32 Å². The molecule has 0 atom stereocenters. The zero-order valence-corrected chi connectivity index (χ0v) is 14.8. The van der Waals surface area contributed by atoms with E-state index in [9.17, 15) is 13.2 Å². The van der Waals surface area contributed by atoms with Gasteiger partial charge in [0, 0.05) is 11.4 Å². The van der Waals surface area contributed by atoms with Crippen LogP contribution in [0.25, 0.3) is 0 Å². The molecular weight excluding hydrogens is 332 g/mol. The topological polar surface area (TPSA) is 75.3 Å². The molecule has 1 aromatic carbocycles. The maximum Gasteiger partial charge on any atom is 0.250 e. The van der Waals surface area contributed by atoms with Crippen molar-refractivity contribution in [3.63, 3.8) is 0 Å². The molecule has 2 rings (SSSR count). The van der Waals surface area contributed by atoms with Gasteiger partial charge in [0.25, 0.3) is 10.0 Å². The number of sulfonamides is 1. The lowest BCUT2D eigenvalue weighted by atomic mass is 10.1.